The largest absolute Gasteiger partial charge is 0.494 e. The molecule has 1 amide bonds. The molecule has 0 heterocycles. The van der Waals surface area contributed by atoms with Gasteiger partial charge in [-0.3, -0.25) is 4.79 Å². The number of carbonyl (C=O) groups is 1. The van der Waals surface area contributed by atoms with Gasteiger partial charge in [0.25, 0.3) is 0 Å². The average Bonchev–Trinajstić information content (AvgIpc) is 2.77. The molecule has 8 heteroatoms. The van der Waals surface area contributed by atoms with Gasteiger partial charge in [-0.2, -0.15) is 5.26 Å². The summed E-state index contributed by atoms with van der Waals surface area (Å²) >= 11 is 6.16. The number of carbonyl (C=O) groups excluding carboxylic acids is 1. The lowest BCUT2D eigenvalue weighted by molar-refractivity contribution is -0.123. The Hall–Kier alpha value is -3.11. The van der Waals surface area contributed by atoms with Gasteiger partial charge in [0, 0.05) is 18.0 Å². The second kappa shape index (κ2) is 11.3. The van der Waals surface area contributed by atoms with E-state index < -0.39 is 5.92 Å². The molecule has 0 aliphatic carbocycles. The average molecular weight is 447 g/mol. The number of nitriles is 1. The third kappa shape index (κ3) is 6.19. The van der Waals surface area contributed by atoms with Gasteiger partial charge >= 0.3 is 0 Å². The highest BCUT2D eigenvalue weighted by atomic mass is 35.5. The summed E-state index contributed by atoms with van der Waals surface area (Å²) < 4.78 is 21.7. The highest BCUT2D eigenvalue weighted by Crippen LogP contribution is 2.38. The Morgan fingerprint density at radius 3 is 2.13 bits per heavy atom. The monoisotopic (exact) mass is 446 g/mol. The van der Waals surface area contributed by atoms with E-state index in [2.05, 4.69) is 5.32 Å². The molecule has 0 saturated carbocycles. The third-order valence-corrected chi connectivity index (χ3v) is 5.34. The zero-order valence-corrected chi connectivity index (χ0v) is 19.1. The summed E-state index contributed by atoms with van der Waals surface area (Å²) in [7, 11) is 4.57. The lowest BCUT2D eigenvalue weighted by Gasteiger charge is -2.15. The zero-order valence-electron chi connectivity index (χ0n) is 18.4. The smallest absolute Gasteiger partial charge is 0.237 e. The van der Waals surface area contributed by atoms with Gasteiger partial charge in [0.05, 0.1) is 34.0 Å². The summed E-state index contributed by atoms with van der Waals surface area (Å²) in [6, 6.07) is 9.20. The SMILES string of the molecule is COc1cc(CNC(=O)C(C#N)CCOc2cc(C)c(Cl)c(C)c2)cc(OC)c1OC. The topological polar surface area (TPSA) is 89.8 Å². The molecule has 0 aliphatic heterocycles. The molecule has 2 aromatic carbocycles. The zero-order chi connectivity index (χ0) is 23.0. The number of halogens is 1. The van der Waals surface area contributed by atoms with Gasteiger partial charge < -0.3 is 24.3 Å². The van der Waals surface area contributed by atoms with Crippen molar-refractivity contribution in [2.24, 2.45) is 5.92 Å². The van der Waals surface area contributed by atoms with Gasteiger partial charge in [0.15, 0.2) is 11.5 Å². The quantitative estimate of drug-likeness (QED) is 0.588. The normalized spacial score (nSPS) is 11.3. The van der Waals surface area contributed by atoms with Crippen LogP contribution in [0.25, 0.3) is 0 Å². The van der Waals surface area contributed by atoms with Crippen molar-refractivity contribution >= 4 is 17.5 Å². The van der Waals surface area contributed by atoms with Crippen LogP contribution in [0.2, 0.25) is 5.02 Å². The maximum Gasteiger partial charge on any atom is 0.237 e. The molecule has 166 valence electrons. The van der Waals surface area contributed by atoms with Crippen molar-refractivity contribution in [2.75, 3.05) is 27.9 Å². The van der Waals surface area contributed by atoms with E-state index in [1.807, 2.05) is 32.0 Å². The first-order valence-electron chi connectivity index (χ1n) is 9.70. The molecule has 31 heavy (non-hydrogen) atoms. The predicted octanol–water partition coefficient (Wildman–Crippen LogP) is 4.21. The summed E-state index contributed by atoms with van der Waals surface area (Å²) in [4.78, 5) is 12.5. The first-order valence-corrected chi connectivity index (χ1v) is 10.1. The fourth-order valence-electron chi connectivity index (χ4n) is 3.09. The first kappa shape index (κ1) is 24.2. The van der Waals surface area contributed by atoms with Crippen LogP contribution >= 0.6 is 11.6 Å². The molecular formula is C23H27ClN2O5. The maximum atomic E-state index is 12.5. The number of hydrogen-bond donors (Lipinski definition) is 1. The van der Waals surface area contributed by atoms with Crippen LogP contribution in [0.5, 0.6) is 23.0 Å². The Labute approximate surface area is 187 Å². The summed E-state index contributed by atoms with van der Waals surface area (Å²) in [6.45, 7) is 4.24. The van der Waals surface area contributed by atoms with E-state index in [1.54, 1.807) is 12.1 Å². The molecule has 0 spiro atoms. The lowest BCUT2D eigenvalue weighted by Crippen LogP contribution is -2.30. The Morgan fingerprint density at radius 2 is 1.65 bits per heavy atom. The summed E-state index contributed by atoms with van der Waals surface area (Å²) in [5.41, 5.74) is 2.58. The number of nitrogens with zero attached hydrogens (tertiary/aromatic N) is 1. The van der Waals surface area contributed by atoms with Crippen LogP contribution in [0.1, 0.15) is 23.1 Å². The minimum absolute atomic E-state index is 0.212. The van der Waals surface area contributed by atoms with E-state index in [0.29, 0.717) is 28.0 Å². The number of methoxy groups -OCH3 is 3. The lowest BCUT2D eigenvalue weighted by atomic mass is 10.1. The molecule has 0 bridgehead atoms. The molecule has 0 saturated heterocycles. The second-order valence-corrected chi connectivity index (χ2v) is 7.32. The molecule has 7 nitrogen and oxygen atoms in total. The highest BCUT2D eigenvalue weighted by molar-refractivity contribution is 6.32. The van der Waals surface area contributed by atoms with E-state index >= 15 is 0 Å². The van der Waals surface area contributed by atoms with Crippen molar-refractivity contribution in [3.05, 3.63) is 46.0 Å². The van der Waals surface area contributed by atoms with Crippen molar-refractivity contribution in [3.63, 3.8) is 0 Å². The van der Waals surface area contributed by atoms with Crippen LogP contribution < -0.4 is 24.3 Å². The number of rotatable bonds is 10. The predicted molar refractivity (Wildman–Crippen MR) is 118 cm³/mol. The van der Waals surface area contributed by atoms with Crippen LogP contribution in [0.3, 0.4) is 0 Å². The van der Waals surface area contributed by atoms with E-state index in [4.69, 9.17) is 30.5 Å². The van der Waals surface area contributed by atoms with E-state index in [1.165, 1.54) is 21.3 Å². The van der Waals surface area contributed by atoms with Crippen LogP contribution in [-0.2, 0) is 11.3 Å². The van der Waals surface area contributed by atoms with Gasteiger partial charge in [-0.05, 0) is 54.8 Å². The van der Waals surface area contributed by atoms with Crippen molar-refractivity contribution in [2.45, 2.75) is 26.8 Å². The minimum atomic E-state index is -0.837. The molecule has 0 radical (unpaired) electrons. The van der Waals surface area contributed by atoms with Crippen molar-refractivity contribution in [3.8, 4) is 29.1 Å². The van der Waals surface area contributed by atoms with Crippen molar-refractivity contribution in [1.82, 2.24) is 5.32 Å². The number of nitrogens with one attached hydrogen (secondary N) is 1. The Kier molecular flexibility index (Phi) is 8.83. The third-order valence-electron chi connectivity index (χ3n) is 4.75. The Bertz CT molecular complexity index is 923. The molecule has 1 atom stereocenters. The van der Waals surface area contributed by atoms with E-state index in [-0.39, 0.29) is 25.5 Å². The molecule has 0 aromatic heterocycles. The number of hydrogen-bond acceptors (Lipinski definition) is 6. The number of benzene rings is 2. The molecule has 0 fully saturated rings. The van der Waals surface area contributed by atoms with Crippen LogP contribution in [0.4, 0.5) is 0 Å². The van der Waals surface area contributed by atoms with E-state index in [0.717, 1.165) is 16.7 Å². The number of amides is 1. The van der Waals surface area contributed by atoms with Crippen molar-refractivity contribution < 1.29 is 23.7 Å². The fourth-order valence-corrected chi connectivity index (χ4v) is 3.20. The molecule has 2 rings (SSSR count). The summed E-state index contributed by atoms with van der Waals surface area (Å²) in [5.74, 6) is 0.906. The second-order valence-electron chi connectivity index (χ2n) is 6.94. The van der Waals surface area contributed by atoms with Gasteiger partial charge in [-0.1, -0.05) is 11.6 Å². The molecular weight excluding hydrogens is 420 g/mol. The summed E-state index contributed by atoms with van der Waals surface area (Å²) in [6.07, 6.45) is 0.262. The minimum Gasteiger partial charge on any atom is -0.494 e. The molecule has 1 N–H and O–H groups in total. The number of aryl methyl sites for hydroxylation is 2. The fraction of sp³-hybridized carbons (Fsp3) is 0.391. The maximum absolute atomic E-state index is 12.5. The summed E-state index contributed by atoms with van der Waals surface area (Å²) in [5, 5.41) is 12.9. The van der Waals surface area contributed by atoms with Gasteiger partial charge in [-0.25, -0.2) is 0 Å². The highest BCUT2D eigenvalue weighted by Gasteiger charge is 2.19. The van der Waals surface area contributed by atoms with Gasteiger partial charge in [0.2, 0.25) is 11.7 Å². The molecule has 0 aliphatic rings. The van der Waals surface area contributed by atoms with Crippen molar-refractivity contribution in [1.29, 1.82) is 5.26 Å². The van der Waals surface area contributed by atoms with Crippen LogP contribution in [-0.4, -0.2) is 33.8 Å². The standard InChI is InChI=1S/C23H27ClN2O5/c1-14-8-18(9-15(2)21(14)24)31-7-6-17(12-25)23(27)26-13-16-10-19(28-3)22(30-5)20(11-16)29-4/h8-11,17H,6-7,13H2,1-5H3,(H,26,27). The number of ether oxygens (including phenoxy) is 4. The molecule has 1 unspecified atom stereocenters. The van der Waals surface area contributed by atoms with Crippen LogP contribution in [0.15, 0.2) is 24.3 Å². The Balaban J connectivity index is 1.95. The first-order chi connectivity index (χ1) is 14.8. The Morgan fingerprint density at radius 1 is 1.06 bits per heavy atom. The van der Waals surface area contributed by atoms with Crippen LogP contribution in [0, 0.1) is 31.1 Å². The van der Waals surface area contributed by atoms with Gasteiger partial charge in [-0.15, -0.1) is 0 Å². The van der Waals surface area contributed by atoms with Gasteiger partial charge in [0.1, 0.15) is 11.7 Å². The van der Waals surface area contributed by atoms with E-state index in [9.17, 15) is 10.1 Å². The molecule has 2 aromatic rings.